The summed E-state index contributed by atoms with van der Waals surface area (Å²) in [6.07, 6.45) is 3.76. The average molecular weight is 603 g/mol. The van der Waals surface area contributed by atoms with Crippen molar-refractivity contribution in [1.29, 1.82) is 0 Å². The molecule has 0 unspecified atom stereocenters. The van der Waals surface area contributed by atoms with E-state index in [9.17, 15) is 22.8 Å². The first kappa shape index (κ1) is 29.4. The van der Waals surface area contributed by atoms with Gasteiger partial charge in [0.15, 0.2) is 0 Å². The third-order valence-electron chi connectivity index (χ3n) is 6.55. The number of amides is 2. The van der Waals surface area contributed by atoms with E-state index in [4.69, 9.17) is 9.47 Å². The summed E-state index contributed by atoms with van der Waals surface area (Å²) in [5.41, 5.74) is -0.748. The minimum Gasteiger partial charge on any atom is -0.467 e. The lowest BCUT2D eigenvalue weighted by Crippen LogP contribution is -2.56. The normalized spacial score (nSPS) is 21.8. The summed E-state index contributed by atoms with van der Waals surface area (Å²) in [5, 5.41) is 2.74. The molecule has 0 radical (unpaired) electrons. The number of carbonyl (C=O) groups is 3. The van der Waals surface area contributed by atoms with Crippen LogP contribution in [0.2, 0.25) is 0 Å². The smallest absolute Gasteiger partial charge is 0.408 e. The van der Waals surface area contributed by atoms with Crippen molar-refractivity contribution in [2.24, 2.45) is 5.92 Å². The van der Waals surface area contributed by atoms with Crippen molar-refractivity contribution in [3.63, 3.8) is 0 Å². The molecule has 10 nitrogen and oxygen atoms in total. The summed E-state index contributed by atoms with van der Waals surface area (Å²) in [7, 11) is -2.69. The van der Waals surface area contributed by atoms with Gasteiger partial charge in [-0.2, -0.15) is 0 Å². The van der Waals surface area contributed by atoms with Crippen LogP contribution in [0.5, 0.6) is 0 Å². The molecular formula is C25H36BrN3O7S. The molecule has 1 heterocycles. The number of hydrogen-bond acceptors (Lipinski definition) is 7. The van der Waals surface area contributed by atoms with E-state index in [0.29, 0.717) is 4.47 Å². The molecule has 1 aromatic rings. The maximum Gasteiger partial charge on any atom is 0.408 e. The van der Waals surface area contributed by atoms with E-state index in [1.807, 2.05) is 0 Å². The molecule has 0 spiro atoms. The number of methoxy groups -OCH3 is 1. The SMILES string of the molecule is COC(=O)[C@@H]1C[C@@H](NS(=O)(=O)c2cccc(Br)c2)CN1C(=O)[C@H](NC(=O)OC(C)(C)C)C1CCCCC1. The van der Waals surface area contributed by atoms with Crippen LogP contribution in [0.4, 0.5) is 4.79 Å². The van der Waals surface area contributed by atoms with Gasteiger partial charge < -0.3 is 19.7 Å². The van der Waals surface area contributed by atoms with Gasteiger partial charge in [0.05, 0.1) is 12.0 Å². The van der Waals surface area contributed by atoms with Gasteiger partial charge >= 0.3 is 12.1 Å². The van der Waals surface area contributed by atoms with E-state index in [2.05, 4.69) is 26.0 Å². The molecule has 2 fully saturated rings. The molecular weight excluding hydrogens is 566 g/mol. The molecule has 2 aliphatic rings. The number of rotatable bonds is 7. The van der Waals surface area contributed by atoms with Crippen molar-refractivity contribution >= 4 is 43.9 Å². The first-order valence-corrected chi connectivity index (χ1v) is 14.7. The van der Waals surface area contributed by atoms with E-state index in [1.54, 1.807) is 32.9 Å². The van der Waals surface area contributed by atoms with Crippen LogP contribution >= 0.6 is 15.9 Å². The number of ether oxygens (including phenoxy) is 2. The summed E-state index contributed by atoms with van der Waals surface area (Å²) in [4.78, 5) is 40.6. The molecule has 0 bridgehead atoms. The van der Waals surface area contributed by atoms with Crippen LogP contribution in [-0.4, -0.2) is 68.7 Å². The van der Waals surface area contributed by atoms with Gasteiger partial charge in [-0.3, -0.25) is 4.79 Å². The van der Waals surface area contributed by atoms with Crippen LogP contribution in [0.3, 0.4) is 0 Å². The lowest BCUT2D eigenvalue weighted by Gasteiger charge is -2.34. The van der Waals surface area contributed by atoms with E-state index in [-0.39, 0.29) is 23.8 Å². The molecule has 1 saturated carbocycles. The van der Waals surface area contributed by atoms with Gasteiger partial charge in [-0.25, -0.2) is 22.7 Å². The molecule has 1 aromatic carbocycles. The van der Waals surface area contributed by atoms with Gasteiger partial charge in [-0.15, -0.1) is 0 Å². The number of sulfonamides is 1. The maximum atomic E-state index is 13.9. The van der Waals surface area contributed by atoms with Crippen LogP contribution in [0, 0.1) is 5.92 Å². The summed E-state index contributed by atoms with van der Waals surface area (Å²) in [6.45, 7) is 5.17. The molecule has 1 aliphatic heterocycles. The predicted octanol–water partition coefficient (Wildman–Crippen LogP) is 3.34. The quantitative estimate of drug-likeness (QED) is 0.458. The van der Waals surface area contributed by atoms with E-state index in [0.717, 1.165) is 32.1 Å². The van der Waals surface area contributed by atoms with E-state index in [1.165, 1.54) is 24.1 Å². The van der Waals surface area contributed by atoms with Gasteiger partial charge in [0.2, 0.25) is 15.9 Å². The minimum atomic E-state index is -3.91. The average Bonchev–Trinajstić information content (AvgIpc) is 3.24. The van der Waals surface area contributed by atoms with Gasteiger partial charge in [0.1, 0.15) is 17.7 Å². The first-order chi connectivity index (χ1) is 17.3. The van der Waals surface area contributed by atoms with Crippen LogP contribution in [0.15, 0.2) is 33.6 Å². The van der Waals surface area contributed by atoms with Crippen LogP contribution in [0.1, 0.15) is 59.3 Å². The Morgan fingerprint density at radius 1 is 1.14 bits per heavy atom. The summed E-state index contributed by atoms with van der Waals surface area (Å²) in [6, 6.07) is 3.66. The molecule has 3 atom stereocenters. The summed E-state index contributed by atoms with van der Waals surface area (Å²) in [5.74, 6) is -1.21. The molecule has 12 heteroatoms. The molecule has 3 rings (SSSR count). The first-order valence-electron chi connectivity index (χ1n) is 12.5. The zero-order valence-electron chi connectivity index (χ0n) is 21.7. The number of esters is 1. The molecule has 1 saturated heterocycles. The van der Waals surface area contributed by atoms with Crippen molar-refractivity contribution < 1.29 is 32.3 Å². The molecule has 206 valence electrons. The van der Waals surface area contributed by atoms with Crippen LogP contribution in [0.25, 0.3) is 0 Å². The Kier molecular flexibility index (Phi) is 9.62. The molecule has 37 heavy (non-hydrogen) atoms. The Labute approximate surface area is 227 Å². The van der Waals surface area contributed by atoms with Crippen molar-refractivity contribution in [2.45, 2.75) is 87.9 Å². The largest absolute Gasteiger partial charge is 0.467 e. The second kappa shape index (κ2) is 12.1. The molecule has 2 amide bonds. The Morgan fingerprint density at radius 2 is 1.81 bits per heavy atom. The number of nitrogens with zero attached hydrogens (tertiary/aromatic N) is 1. The highest BCUT2D eigenvalue weighted by Crippen LogP contribution is 2.30. The van der Waals surface area contributed by atoms with Crippen LogP contribution < -0.4 is 10.0 Å². The molecule has 0 aromatic heterocycles. The number of nitrogens with one attached hydrogen (secondary N) is 2. The molecule has 1 aliphatic carbocycles. The lowest BCUT2D eigenvalue weighted by atomic mass is 9.83. The number of carbonyl (C=O) groups excluding carboxylic acids is 3. The predicted molar refractivity (Wildman–Crippen MR) is 140 cm³/mol. The number of halogens is 1. The topological polar surface area (TPSA) is 131 Å². The second-order valence-corrected chi connectivity index (χ2v) is 13.2. The van der Waals surface area contributed by atoms with Gasteiger partial charge in [-0.1, -0.05) is 41.3 Å². The molecule has 2 N–H and O–H groups in total. The van der Waals surface area contributed by atoms with Crippen molar-refractivity contribution in [3.8, 4) is 0 Å². The monoisotopic (exact) mass is 601 g/mol. The fourth-order valence-corrected chi connectivity index (χ4v) is 6.74. The Morgan fingerprint density at radius 3 is 2.41 bits per heavy atom. The van der Waals surface area contributed by atoms with Crippen LogP contribution in [-0.2, 0) is 29.1 Å². The zero-order valence-corrected chi connectivity index (χ0v) is 24.1. The van der Waals surface area contributed by atoms with Gasteiger partial charge in [-0.05, 0) is 64.2 Å². The second-order valence-electron chi connectivity index (χ2n) is 10.6. The van der Waals surface area contributed by atoms with Crippen molar-refractivity contribution in [3.05, 3.63) is 28.7 Å². The Balaban J connectivity index is 1.84. The Hall–Kier alpha value is -2.18. The summed E-state index contributed by atoms with van der Waals surface area (Å²) < 4.78 is 39.6. The third-order valence-corrected chi connectivity index (χ3v) is 8.56. The number of alkyl carbamates (subject to hydrolysis) is 1. The standard InChI is InChI=1S/C25H36BrN3O7S/c1-25(2,3)36-24(32)27-21(16-9-6-5-7-10-16)22(30)29-15-18(14-20(29)23(31)35-4)28-37(33,34)19-12-8-11-17(26)13-19/h8,11-13,16,18,20-21,28H,5-7,9-10,14-15H2,1-4H3,(H,27,32)/t18-,20+,21-/m1/s1. The van der Waals surface area contributed by atoms with E-state index < -0.39 is 51.7 Å². The van der Waals surface area contributed by atoms with Gasteiger partial charge in [0, 0.05) is 17.1 Å². The fourth-order valence-electron chi connectivity index (χ4n) is 4.91. The number of likely N-dealkylation sites (tertiary alicyclic amines) is 1. The van der Waals surface area contributed by atoms with Gasteiger partial charge in [0.25, 0.3) is 0 Å². The van der Waals surface area contributed by atoms with Crippen molar-refractivity contribution in [2.75, 3.05) is 13.7 Å². The summed E-state index contributed by atoms with van der Waals surface area (Å²) >= 11 is 3.27. The zero-order chi connectivity index (χ0) is 27.4. The highest BCUT2D eigenvalue weighted by atomic mass is 79.9. The number of benzene rings is 1. The highest BCUT2D eigenvalue weighted by Gasteiger charge is 2.45. The third kappa shape index (κ3) is 7.90. The highest BCUT2D eigenvalue weighted by molar-refractivity contribution is 9.10. The Bertz CT molecular complexity index is 1100. The van der Waals surface area contributed by atoms with E-state index >= 15 is 0 Å². The lowest BCUT2D eigenvalue weighted by molar-refractivity contribution is -0.152. The van der Waals surface area contributed by atoms with Crippen molar-refractivity contribution in [1.82, 2.24) is 14.9 Å². The number of hydrogen-bond donors (Lipinski definition) is 2. The minimum absolute atomic E-state index is 0.0367. The maximum absolute atomic E-state index is 13.9. The fraction of sp³-hybridized carbons (Fsp3) is 0.640.